The highest BCUT2D eigenvalue weighted by atomic mass is 16.5. The van der Waals surface area contributed by atoms with Gasteiger partial charge in [-0.3, -0.25) is 24.2 Å². The number of aromatic hydroxyl groups is 1. The van der Waals surface area contributed by atoms with Crippen molar-refractivity contribution < 1.29 is 29.3 Å². The topological polar surface area (TPSA) is 145 Å². The summed E-state index contributed by atoms with van der Waals surface area (Å²) >= 11 is 0. The van der Waals surface area contributed by atoms with Gasteiger partial charge in [0.25, 0.3) is 0 Å². The number of carbonyl (C=O) groups excluding carboxylic acids is 3. The zero-order valence-electron chi connectivity index (χ0n) is 22.7. The van der Waals surface area contributed by atoms with Gasteiger partial charge in [0, 0.05) is 29.3 Å². The number of nitrogens with zero attached hydrogens (tertiary/aromatic N) is 2. The van der Waals surface area contributed by atoms with Gasteiger partial charge in [-0.15, -0.1) is 0 Å². The van der Waals surface area contributed by atoms with E-state index >= 15 is 0 Å². The van der Waals surface area contributed by atoms with Gasteiger partial charge in [0.05, 0.1) is 31.3 Å². The molecule has 1 aromatic carbocycles. The second-order valence-corrected chi connectivity index (χ2v) is 11.0. The molecule has 3 aliphatic heterocycles. The Morgan fingerprint density at radius 1 is 1.18 bits per heavy atom. The minimum atomic E-state index is -0.977. The molecule has 38 heavy (non-hydrogen) atoms. The predicted molar refractivity (Wildman–Crippen MR) is 139 cm³/mol. The third-order valence-corrected chi connectivity index (χ3v) is 9.06. The highest BCUT2D eigenvalue weighted by Crippen LogP contribution is 2.50. The Kier molecular flexibility index (Phi) is 6.50. The van der Waals surface area contributed by atoms with E-state index in [-0.39, 0.29) is 53.5 Å². The van der Waals surface area contributed by atoms with Gasteiger partial charge in [0.15, 0.2) is 11.5 Å². The Hall–Kier alpha value is -3.05. The monoisotopic (exact) mass is 524 g/mol. The van der Waals surface area contributed by atoms with Gasteiger partial charge in [-0.2, -0.15) is 0 Å². The molecule has 1 aromatic rings. The molecule has 2 bridgehead atoms. The van der Waals surface area contributed by atoms with E-state index in [1.165, 1.54) is 7.11 Å². The molecular weight excluding hydrogens is 488 g/mol. The molecule has 1 amide bonds. The lowest BCUT2D eigenvalue weighted by molar-refractivity contribution is -0.166. The van der Waals surface area contributed by atoms with Gasteiger partial charge in [-0.25, -0.2) is 0 Å². The first kappa shape index (κ1) is 26.6. The van der Waals surface area contributed by atoms with Crippen LogP contribution in [0.3, 0.4) is 0 Å². The van der Waals surface area contributed by atoms with E-state index in [1.54, 1.807) is 19.9 Å². The fraction of sp³-hybridized carbons (Fsp3) is 0.536. The zero-order valence-corrected chi connectivity index (χ0v) is 22.7. The summed E-state index contributed by atoms with van der Waals surface area (Å²) in [6.07, 6.45) is -0.188. The number of likely N-dealkylation sites (N-methyl/N-ethyl adjacent to an activating group) is 1. The van der Waals surface area contributed by atoms with Crippen LogP contribution >= 0.6 is 0 Å². The number of phenols is 1. The number of benzene rings is 1. The average molecular weight is 525 g/mol. The van der Waals surface area contributed by atoms with E-state index in [0.29, 0.717) is 12.0 Å². The van der Waals surface area contributed by atoms with Gasteiger partial charge in [-0.1, -0.05) is 0 Å². The molecule has 204 valence electrons. The van der Waals surface area contributed by atoms with E-state index in [2.05, 4.69) is 10.2 Å². The van der Waals surface area contributed by atoms with E-state index in [9.17, 15) is 24.6 Å². The Labute approximate surface area is 222 Å². The number of nitrogens with two attached hydrogens (primary N) is 1. The number of phenolic OH excluding ortho intramolecular Hbond substituents is 1. The van der Waals surface area contributed by atoms with Gasteiger partial charge < -0.3 is 26.0 Å². The Balaban J connectivity index is 1.68. The number of fused-ring (bicyclic) bond motifs is 6. The summed E-state index contributed by atoms with van der Waals surface area (Å²) in [6.45, 7) is 7.01. The molecule has 0 spiro atoms. The number of rotatable bonds is 4. The number of carbonyl (C=O) groups is 3. The normalized spacial score (nSPS) is 30.1. The summed E-state index contributed by atoms with van der Waals surface area (Å²) in [6, 6.07) is -0.680. The second-order valence-electron chi connectivity index (χ2n) is 11.0. The molecule has 1 fully saturated rings. The van der Waals surface area contributed by atoms with E-state index in [0.717, 1.165) is 22.3 Å². The summed E-state index contributed by atoms with van der Waals surface area (Å²) in [5, 5.41) is 25.4. The summed E-state index contributed by atoms with van der Waals surface area (Å²) in [5.41, 5.74) is 10.5. The Bertz CT molecular complexity index is 1310. The smallest absolute Gasteiger partial charge is 0.236 e. The number of hydrogen-bond acceptors (Lipinski definition) is 9. The van der Waals surface area contributed by atoms with Crippen LogP contribution < -0.4 is 11.1 Å². The van der Waals surface area contributed by atoms with Crippen molar-refractivity contribution in [2.75, 3.05) is 20.7 Å². The molecule has 0 aromatic heterocycles. The molecule has 1 saturated heterocycles. The van der Waals surface area contributed by atoms with Crippen LogP contribution in [0.2, 0.25) is 0 Å². The van der Waals surface area contributed by atoms with Crippen LogP contribution in [0.1, 0.15) is 48.6 Å². The third kappa shape index (κ3) is 3.65. The predicted octanol–water partition coefficient (Wildman–Crippen LogP) is 0.514. The number of methoxy groups -OCH3 is 1. The zero-order chi connectivity index (χ0) is 27.8. The van der Waals surface area contributed by atoms with Gasteiger partial charge in [-0.05, 0) is 75.9 Å². The highest BCUT2D eigenvalue weighted by Gasteiger charge is 2.56. The lowest BCUT2D eigenvalue weighted by atomic mass is 9.70. The van der Waals surface area contributed by atoms with Crippen LogP contribution in [-0.2, 0) is 25.5 Å². The van der Waals surface area contributed by atoms with Gasteiger partial charge in [0.1, 0.15) is 12.0 Å². The van der Waals surface area contributed by atoms with Crippen molar-refractivity contribution in [3.63, 3.8) is 0 Å². The fourth-order valence-corrected chi connectivity index (χ4v) is 6.88. The number of allylic oxidation sites excluding steroid dienone is 2. The van der Waals surface area contributed by atoms with Crippen molar-refractivity contribution in [1.82, 2.24) is 15.1 Å². The number of aliphatic hydroxyl groups is 1. The average Bonchev–Trinajstić information content (AvgIpc) is 2.87. The second kappa shape index (κ2) is 9.30. The van der Waals surface area contributed by atoms with Crippen molar-refractivity contribution in [3.8, 4) is 5.75 Å². The Morgan fingerprint density at radius 3 is 2.50 bits per heavy atom. The summed E-state index contributed by atoms with van der Waals surface area (Å²) in [4.78, 5) is 43.7. The number of Topliss-reactive ketones (excluding diaryl/α,β-unsaturated/α-hetero) is 2. The number of ketones is 2. The molecule has 1 unspecified atom stereocenters. The van der Waals surface area contributed by atoms with Gasteiger partial charge in [0.2, 0.25) is 11.7 Å². The van der Waals surface area contributed by atoms with Crippen molar-refractivity contribution in [3.05, 3.63) is 50.8 Å². The molecule has 10 heteroatoms. The molecule has 3 heterocycles. The van der Waals surface area contributed by atoms with Crippen molar-refractivity contribution in [2.45, 2.75) is 77.0 Å². The van der Waals surface area contributed by atoms with Crippen LogP contribution in [0.15, 0.2) is 28.5 Å². The maximum absolute atomic E-state index is 13.7. The van der Waals surface area contributed by atoms with Crippen molar-refractivity contribution >= 4 is 17.5 Å². The Morgan fingerprint density at radius 2 is 1.87 bits per heavy atom. The number of nitrogens with one attached hydrogen (secondary N) is 1. The minimum Gasteiger partial charge on any atom is -0.508 e. The third-order valence-electron chi connectivity index (χ3n) is 9.06. The van der Waals surface area contributed by atoms with Crippen LogP contribution in [0.25, 0.3) is 0 Å². The standard InChI is InChI=1S/C28H36N4O6/c1-11-12(2)21(33)9-16-15(11)7-19-28(37)32-18(23(16)31(19)5)8-17-22(20(32)10-30-27(36)14(4)29)25(35)26(38-6)13(3)24(17)34/h9,14,18-20,23,28,33,37H,7-8,10,29H2,1-6H3,(H,30,36)/t14-,18-,19?,20-,23-,28-/m0/s1. The molecule has 5 N–H and O–H groups in total. The maximum Gasteiger partial charge on any atom is 0.236 e. The maximum atomic E-state index is 13.7. The minimum absolute atomic E-state index is 0.00395. The lowest BCUT2D eigenvalue weighted by Gasteiger charge is -2.60. The van der Waals surface area contributed by atoms with Crippen LogP contribution in [0, 0.1) is 13.8 Å². The molecular formula is C28H36N4O6. The summed E-state index contributed by atoms with van der Waals surface area (Å²) in [5.74, 6) is -0.875. The SMILES string of the molecule is COC1=C(C)C(=O)C2=C(C1=O)[C@H](CNC(=O)[C@H](C)N)N1[C@@H](O)C3Cc4c(cc(O)c(C)c4C)[C@@H]([C@@H]1C2)N3C. The van der Waals surface area contributed by atoms with Crippen LogP contribution in [0.5, 0.6) is 5.75 Å². The molecule has 0 radical (unpaired) electrons. The number of aliphatic hydroxyl groups excluding tert-OH is 1. The quantitative estimate of drug-likeness (QED) is 0.414. The van der Waals surface area contributed by atoms with Crippen molar-refractivity contribution in [1.29, 1.82) is 0 Å². The molecule has 4 aliphatic rings. The highest BCUT2D eigenvalue weighted by molar-refractivity contribution is 6.25. The first-order valence-electron chi connectivity index (χ1n) is 13.0. The lowest BCUT2D eigenvalue weighted by Crippen LogP contribution is -2.71. The van der Waals surface area contributed by atoms with Gasteiger partial charge >= 0.3 is 0 Å². The number of amides is 1. The molecule has 0 saturated carbocycles. The van der Waals surface area contributed by atoms with Crippen molar-refractivity contribution in [2.24, 2.45) is 5.73 Å². The van der Waals surface area contributed by atoms with E-state index in [4.69, 9.17) is 10.5 Å². The molecule has 5 rings (SSSR count). The molecule has 6 atom stereocenters. The number of piperazine rings is 1. The molecule has 1 aliphatic carbocycles. The first-order valence-corrected chi connectivity index (χ1v) is 13.0. The van der Waals surface area contributed by atoms with Crippen LogP contribution in [-0.4, -0.2) is 88.6 Å². The molecule has 10 nitrogen and oxygen atoms in total. The summed E-state index contributed by atoms with van der Waals surface area (Å²) < 4.78 is 5.34. The van der Waals surface area contributed by atoms with Crippen LogP contribution in [0.4, 0.5) is 0 Å². The largest absolute Gasteiger partial charge is 0.508 e. The number of ether oxygens (including phenoxy) is 1. The summed E-state index contributed by atoms with van der Waals surface area (Å²) in [7, 11) is 3.31. The number of hydrogen-bond donors (Lipinski definition) is 4. The van der Waals surface area contributed by atoms with E-state index in [1.807, 2.05) is 25.8 Å². The fourth-order valence-electron chi connectivity index (χ4n) is 6.88. The van der Waals surface area contributed by atoms with E-state index < -0.39 is 36.0 Å². The first-order chi connectivity index (χ1) is 17.9.